The third-order valence-corrected chi connectivity index (χ3v) is 7.54. The molecule has 1 aliphatic heterocycles. The number of nitrogens with one attached hydrogen (secondary N) is 1. The highest BCUT2D eigenvalue weighted by Crippen LogP contribution is 2.36. The number of carbonyl (C=O) groups excluding carboxylic acids is 1. The lowest BCUT2D eigenvalue weighted by atomic mass is 9.96. The van der Waals surface area contributed by atoms with Gasteiger partial charge in [0.15, 0.2) is 22.6 Å². The Morgan fingerprint density at radius 1 is 1.00 bits per heavy atom. The molecule has 0 unspecified atom stereocenters. The Bertz CT molecular complexity index is 1530. The molecule has 38 heavy (non-hydrogen) atoms. The van der Waals surface area contributed by atoms with Crippen LogP contribution in [0.1, 0.15) is 53.4 Å². The van der Waals surface area contributed by atoms with Crippen molar-refractivity contribution >= 4 is 39.3 Å². The van der Waals surface area contributed by atoms with E-state index in [1.54, 1.807) is 17.8 Å². The lowest BCUT2D eigenvalue weighted by molar-refractivity contribution is 0.0983. The third-order valence-electron chi connectivity index (χ3n) is 6.65. The molecule has 1 N–H and O–H groups in total. The highest BCUT2D eigenvalue weighted by Gasteiger charge is 2.26. The van der Waals surface area contributed by atoms with E-state index in [0.717, 1.165) is 34.7 Å². The number of aromatic nitrogens is 1. The van der Waals surface area contributed by atoms with Crippen LogP contribution in [0.15, 0.2) is 65.7 Å². The predicted octanol–water partition coefficient (Wildman–Crippen LogP) is 7.56. The molecule has 0 radical (unpaired) electrons. The summed E-state index contributed by atoms with van der Waals surface area (Å²) in [5.41, 5.74) is 3.95. The number of nitrogens with zero attached hydrogens (tertiary/aromatic N) is 2. The Hall–Kier alpha value is -3.52. The normalized spacial score (nSPS) is 13.4. The van der Waals surface area contributed by atoms with Crippen LogP contribution in [0.4, 0.5) is 18.9 Å². The molecule has 3 aromatic carbocycles. The highest BCUT2D eigenvalue weighted by atomic mass is 32.2. The summed E-state index contributed by atoms with van der Waals surface area (Å²) in [6.45, 7) is 5.24. The van der Waals surface area contributed by atoms with E-state index in [0.29, 0.717) is 40.5 Å². The molecule has 1 aliphatic rings. The van der Waals surface area contributed by atoms with Gasteiger partial charge >= 0.3 is 0 Å². The number of thioether (sulfide) groups is 1. The molecule has 2 heterocycles. The number of carbonyl (C=O) groups is 1. The lowest BCUT2D eigenvalue weighted by Gasteiger charge is -2.16. The monoisotopic (exact) mass is 535 g/mol. The van der Waals surface area contributed by atoms with E-state index in [1.165, 1.54) is 12.1 Å². The second-order valence-electron chi connectivity index (χ2n) is 9.67. The van der Waals surface area contributed by atoms with Crippen LogP contribution in [0.5, 0.6) is 0 Å². The summed E-state index contributed by atoms with van der Waals surface area (Å²) in [7, 11) is 0. The fourth-order valence-electron chi connectivity index (χ4n) is 4.92. The molecular weight excluding hydrogens is 507 g/mol. The Balaban J connectivity index is 1.60. The van der Waals surface area contributed by atoms with Gasteiger partial charge in [0.25, 0.3) is 0 Å². The summed E-state index contributed by atoms with van der Waals surface area (Å²) in [6.07, 6.45) is 0.336. The van der Waals surface area contributed by atoms with Gasteiger partial charge in [0.05, 0.1) is 17.7 Å². The number of rotatable bonds is 8. The predicted molar refractivity (Wildman–Crippen MR) is 149 cm³/mol. The minimum Gasteiger partial charge on any atom is -0.339 e. The molecule has 0 bridgehead atoms. The van der Waals surface area contributed by atoms with Crippen molar-refractivity contribution in [1.29, 1.82) is 0 Å². The van der Waals surface area contributed by atoms with Crippen molar-refractivity contribution in [3.63, 3.8) is 0 Å². The molecular formula is C30H28F3N3OS. The standard InChI is InChI=1S/C30H28F3N3OS/c1-18(2)29-28(27(37)11-9-19-8-10-22(31)23(32)14-19)21-15-24(33)25(35-30-34-12-13-38-30)16-26(21)36(29)17-20-6-4-3-5-7-20/h3-8,10,14-16,18H,9,11-13,17H2,1-2H3,(H,34,35). The van der Waals surface area contributed by atoms with E-state index in [9.17, 15) is 13.6 Å². The van der Waals surface area contributed by atoms with Crippen molar-refractivity contribution in [3.8, 4) is 0 Å². The first-order valence-electron chi connectivity index (χ1n) is 12.6. The van der Waals surface area contributed by atoms with E-state index < -0.39 is 17.5 Å². The largest absolute Gasteiger partial charge is 0.339 e. The van der Waals surface area contributed by atoms with E-state index in [1.807, 2.05) is 44.2 Å². The first-order chi connectivity index (χ1) is 18.3. The van der Waals surface area contributed by atoms with Gasteiger partial charge in [-0.1, -0.05) is 62.0 Å². The Labute approximate surface area is 224 Å². The van der Waals surface area contributed by atoms with Gasteiger partial charge < -0.3 is 9.88 Å². The molecule has 4 aromatic rings. The minimum absolute atomic E-state index is 0.0254. The minimum atomic E-state index is -0.940. The SMILES string of the molecule is CC(C)c1c(C(=O)CCc2ccc(F)c(F)c2)c2cc(F)c(NC3=NCCS3)cc2n1Cc1ccccc1. The summed E-state index contributed by atoms with van der Waals surface area (Å²) in [5.74, 6) is -1.66. The number of anilines is 1. The smallest absolute Gasteiger partial charge is 0.165 e. The Morgan fingerprint density at radius 3 is 2.47 bits per heavy atom. The average molecular weight is 536 g/mol. The van der Waals surface area contributed by atoms with Crippen molar-refractivity contribution in [2.24, 2.45) is 4.99 Å². The number of amidine groups is 1. The van der Waals surface area contributed by atoms with E-state index in [-0.39, 0.29) is 24.5 Å². The van der Waals surface area contributed by atoms with Crippen LogP contribution in [0.25, 0.3) is 10.9 Å². The van der Waals surface area contributed by atoms with Gasteiger partial charge in [0.1, 0.15) is 5.82 Å². The summed E-state index contributed by atoms with van der Waals surface area (Å²) in [6, 6.07) is 16.8. The quantitative estimate of drug-likeness (QED) is 0.237. The van der Waals surface area contributed by atoms with Gasteiger partial charge in [-0.3, -0.25) is 9.79 Å². The van der Waals surface area contributed by atoms with Crippen LogP contribution >= 0.6 is 11.8 Å². The van der Waals surface area contributed by atoms with Gasteiger partial charge in [0, 0.05) is 35.4 Å². The molecule has 1 aromatic heterocycles. The molecule has 0 amide bonds. The number of aliphatic imine (C=N–C) groups is 1. The molecule has 0 atom stereocenters. The van der Waals surface area contributed by atoms with Crippen LogP contribution in [-0.4, -0.2) is 27.8 Å². The first-order valence-corrected chi connectivity index (χ1v) is 13.6. The third kappa shape index (κ3) is 5.36. The van der Waals surface area contributed by atoms with Crippen molar-refractivity contribution in [3.05, 3.63) is 100 Å². The number of halogens is 3. The van der Waals surface area contributed by atoms with Crippen LogP contribution < -0.4 is 5.32 Å². The first kappa shape index (κ1) is 26.1. The summed E-state index contributed by atoms with van der Waals surface area (Å²) < 4.78 is 44.6. The zero-order valence-electron chi connectivity index (χ0n) is 21.2. The molecule has 0 fully saturated rings. The van der Waals surface area contributed by atoms with Gasteiger partial charge in [0.2, 0.25) is 0 Å². The van der Waals surface area contributed by atoms with E-state index in [4.69, 9.17) is 0 Å². The zero-order chi connectivity index (χ0) is 26.8. The highest BCUT2D eigenvalue weighted by molar-refractivity contribution is 8.14. The molecule has 0 saturated carbocycles. The van der Waals surface area contributed by atoms with Crippen molar-refractivity contribution in [1.82, 2.24) is 4.57 Å². The Kier molecular flexibility index (Phi) is 7.61. The van der Waals surface area contributed by atoms with Crippen LogP contribution in [-0.2, 0) is 13.0 Å². The van der Waals surface area contributed by atoms with Gasteiger partial charge in [-0.15, -0.1) is 0 Å². The van der Waals surface area contributed by atoms with Gasteiger partial charge in [-0.05, 0) is 47.7 Å². The second-order valence-corrected chi connectivity index (χ2v) is 10.8. The average Bonchev–Trinajstić information content (AvgIpc) is 3.52. The number of hydrogen-bond donors (Lipinski definition) is 1. The Morgan fingerprint density at radius 2 is 1.79 bits per heavy atom. The number of hydrogen-bond acceptors (Lipinski definition) is 4. The molecule has 196 valence electrons. The lowest BCUT2D eigenvalue weighted by Crippen LogP contribution is -2.11. The topological polar surface area (TPSA) is 46.4 Å². The molecule has 4 nitrogen and oxygen atoms in total. The van der Waals surface area contributed by atoms with Gasteiger partial charge in [-0.2, -0.15) is 0 Å². The summed E-state index contributed by atoms with van der Waals surface area (Å²) in [4.78, 5) is 18.1. The van der Waals surface area contributed by atoms with Crippen molar-refractivity contribution in [2.45, 2.75) is 39.2 Å². The van der Waals surface area contributed by atoms with Crippen LogP contribution in [0, 0.1) is 17.5 Å². The molecule has 0 saturated heterocycles. The number of fused-ring (bicyclic) bond motifs is 1. The summed E-state index contributed by atoms with van der Waals surface area (Å²) in [5, 5.41) is 4.33. The van der Waals surface area contributed by atoms with Crippen molar-refractivity contribution < 1.29 is 18.0 Å². The van der Waals surface area contributed by atoms with E-state index >= 15 is 4.39 Å². The van der Waals surface area contributed by atoms with Crippen molar-refractivity contribution in [2.75, 3.05) is 17.6 Å². The number of Topliss-reactive ketones (excluding diaryl/α,β-unsaturated/α-hetero) is 1. The van der Waals surface area contributed by atoms with Crippen LogP contribution in [0.2, 0.25) is 0 Å². The molecule has 0 spiro atoms. The van der Waals surface area contributed by atoms with E-state index in [2.05, 4.69) is 14.9 Å². The molecule has 0 aliphatic carbocycles. The maximum Gasteiger partial charge on any atom is 0.165 e. The van der Waals surface area contributed by atoms with Crippen LogP contribution in [0.3, 0.4) is 0 Å². The number of benzene rings is 3. The fraction of sp³-hybridized carbons (Fsp3) is 0.267. The number of ketones is 1. The zero-order valence-corrected chi connectivity index (χ0v) is 22.0. The maximum atomic E-state index is 15.4. The van der Waals surface area contributed by atoms with Gasteiger partial charge in [-0.25, -0.2) is 13.2 Å². The summed E-state index contributed by atoms with van der Waals surface area (Å²) >= 11 is 1.54. The number of aryl methyl sites for hydroxylation is 1. The maximum absolute atomic E-state index is 15.4. The molecule has 8 heteroatoms. The molecule has 5 rings (SSSR count). The fourth-order valence-corrected chi connectivity index (χ4v) is 5.66. The second kappa shape index (κ2) is 11.1.